The van der Waals surface area contributed by atoms with Gasteiger partial charge in [0, 0.05) is 45.6 Å². The Balaban J connectivity index is 1.35. The van der Waals surface area contributed by atoms with Gasteiger partial charge < -0.3 is 10.6 Å². The number of carbonyl (C=O) groups excluding carboxylic acids is 2. The van der Waals surface area contributed by atoms with Crippen LogP contribution in [0.5, 0.6) is 0 Å². The first-order chi connectivity index (χ1) is 14.0. The van der Waals surface area contributed by atoms with Crippen molar-refractivity contribution in [1.82, 2.24) is 10.6 Å². The van der Waals surface area contributed by atoms with Gasteiger partial charge >= 0.3 is 0 Å². The fourth-order valence-electron chi connectivity index (χ4n) is 2.85. The molecule has 0 unspecified atom stereocenters. The molecule has 6 heteroatoms. The molecule has 2 aromatic rings. The van der Waals surface area contributed by atoms with Gasteiger partial charge in [-0.1, -0.05) is 35.0 Å². The summed E-state index contributed by atoms with van der Waals surface area (Å²) in [5.74, 6) is 10.4. The van der Waals surface area contributed by atoms with Crippen LogP contribution in [0.2, 0.25) is 10.0 Å². The third-order valence-electron chi connectivity index (χ3n) is 4.45. The van der Waals surface area contributed by atoms with E-state index in [1.54, 1.807) is 48.5 Å². The molecule has 1 aliphatic carbocycles. The van der Waals surface area contributed by atoms with Crippen molar-refractivity contribution < 1.29 is 9.59 Å². The summed E-state index contributed by atoms with van der Waals surface area (Å²) >= 11 is 11.6. The molecule has 0 heterocycles. The highest BCUT2D eigenvalue weighted by molar-refractivity contribution is 6.30. The zero-order chi connectivity index (χ0) is 20.6. The fourth-order valence-corrected chi connectivity index (χ4v) is 3.10. The zero-order valence-corrected chi connectivity index (χ0v) is 17.0. The maximum atomic E-state index is 11.9. The number of amides is 2. The van der Waals surface area contributed by atoms with Crippen molar-refractivity contribution in [2.45, 2.75) is 18.9 Å². The van der Waals surface area contributed by atoms with E-state index in [-0.39, 0.29) is 17.9 Å². The summed E-state index contributed by atoms with van der Waals surface area (Å²) in [6.45, 7) is 0.539. The van der Waals surface area contributed by atoms with Crippen molar-refractivity contribution in [3.8, 4) is 23.7 Å². The fraction of sp³-hybridized carbons (Fsp3) is 0.217. The Kier molecular flexibility index (Phi) is 7.19. The summed E-state index contributed by atoms with van der Waals surface area (Å²) in [5.41, 5.74) is 1.47. The van der Waals surface area contributed by atoms with Gasteiger partial charge in [-0.15, -0.1) is 0 Å². The maximum Gasteiger partial charge on any atom is 0.296 e. The van der Waals surface area contributed by atoms with Crippen molar-refractivity contribution in [2.24, 2.45) is 5.92 Å². The van der Waals surface area contributed by atoms with Gasteiger partial charge in [0.1, 0.15) is 0 Å². The average molecular weight is 425 g/mol. The van der Waals surface area contributed by atoms with Crippen molar-refractivity contribution in [3.63, 3.8) is 0 Å². The van der Waals surface area contributed by atoms with Gasteiger partial charge in [-0.05, 0) is 67.3 Å². The number of benzene rings is 2. The zero-order valence-electron chi connectivity index (χ0n) is 15.5. The molecular weight excluding hydrogens is 407 g/mol. The Labute approximate surface area is 180 Å². The first kappa shape index (κ1) is 20.8. The molecule has 0 atom stereocenters. The second-order valence-electron chi connectivity index (χ2n) is 6.73. The smallest absolute Gasteiger partial charge is 0.296 e. The largest absolute Gasteiger partial charge is 0.345 e. The summed E-state index contributed by atoms with van der Waals surface area (Å²) in [5, 5.41) is 6.93. The number of rotatable bonds is 3. The predicted molar refractivity (Wildman–Crippen MR) is 114 cm³/mol. The van der Waals surface area contributed by atoms with Crippen LogP contribution in [0.1, 0.15) is 24.0 Å². The lowest BCUT2D eigenvalue weighted by atomic mass is 9.80. The number of carbonyl (C=O) groups is 2. The lowest BCUT2D eigenvalue weighted by Gasteiger charge is -2.35. The van der Waals surface area contributed by atoms with E-state index < -0.39 is 0 Å². The van der Waals surface area contributed by atoms with E-state index in [4.69, 9.17) is 23.2 Å². The molecule has 146 valence electrons. The number of nitrogens with one attached hydrogen (secondary N) is 2. The van der Waals surface area contributed by atoms with Crippen LogP contribution in [0.15, 0.2) is 48.5 Å². The Morgan fingerprint density at radius 3 is 1.83 bits per heavy atom. The lowest BCUT2D eigenvalue weighted by molar-refractivity contribution is -0.118. The first-order valence-electron chi connectivity index (χ1n) is 9.11. The Morgan fingerprint density at radius 1 is 0.828 bits per heavy atom. The van der Waals surface area contributed by atoms with Crippen LogP contribution in [0.4, 0.5) is 0 Å². The van der Waals surface area contributed by atoms with Gasteiger partial charge in [-0.25, -0.2) is 0 Å². The van der Waals surface area contributed by atoms with Crippen LogP contribution in [0.25, 0.3) is 0 Å². The van der Waals surface area contributed by atoms with Crippen molar-refractivity contribution in [1.29, 1.82) is 0 Å². The SMILES string of the molecule is O=C(C#Cc1ccc(Cl)cc1)NCC1CC(NC(=O)C#Cc2ccc(Cl)cc2)C1. The van der Waals surface area contributed by atoms with Gasteiger partial charge in [-0.3, -0.25) is 9.59 Å². The van der Waals surface area contributed by atoms with Crippen molar-refractivity contribution in [2.75, 3.05) is 6.54 Å². The quantitative estimate of drug-likeness (QED) is 0.741. The summed E-state index contributed by atoms with van der Waals surface area (Å²) in [7, 11) is 0. The molecule has 2 amide bonds. The molecule has 1 fully saturated rings. The summed E-state index contributed by atoms with van der Waals surface area (Å²) in [6, 6.07) is 14.1. The molecule has 0 aromatic heterocycles. The molecule has 0 saturated heterocycles. The van der Waals surface area contributed by atoms with Gasteiger partial charge in [0.25, 0.3) is 11.8 Å². The molecule has 1 saturated carbocycles. The third kappa shape index (κ3) is 6.88. The third-order valence-corrected chi connectivity index (χ3v) is 4.96. The van der Waals surface area contributed by atoms with Gasteiger partial charge in [0.05, 0.1) is 0 Å². The maximum absolute atomic E-state index is 11.9. The summed E-state index contributed by atoms with van der Waals surface area (Å²) < 4.78 is 0. The molecular formula is C23H18Cl2N2O2. The second-order valence-corrected chi connectivity index (χ2v) is 7.60. The molecule has 0 radical (unpaired) electrons. The molecule has 4 nitrogen and oxygen atoms in total. The van der Waals surface area contributed by atoms with Gasteiger partial charge in [-0.2, -0.15) is 0 Å². The second kappa shape index (κ2) is 10.0. The van der Waals surface area contributed by atoms with E-state index >= 15 is 0 Å². The van der Waals surface area contributed by atoms with E-state index in [1.165, 1.54) is 0 Å². The normalized spacial score (nSPS) is 16.9. The van der Waals surface area contributed by atoms with Crippen LogP contribution in [-0.4, -0.2) is 24.4 Å². The Morgan fingerprint density at radius 2 is 1.31 bits per heavy atom. The minimum Gasteiger partial charge on any atom is -0.345 e. The first-order valence-corrected chi connectivity index (χ1v) is 9.87. The van der Waals surface area contributed by atoms with Crippen LogP contribution in [0.3, 0.4) is 0 Å². The standard InChI is InChI=1S/C23H18Cl2N2O2/c24-19-7-1-16(2-8-19)5-11-22(28)26-15-18-13-21(14-18)27-23(29)12-6-17-3-9-20(25)10-4-17/h1-4,7-10,18,21H,13-15H2,(H,26,28)(H,27,29). The number of halogens is 2. The topological polar surface area (TPSA) is 58.2 Å². The average Bonchev–Trinajstić information content (AvgIpc) is 2.68. The summed E-state index contributed by atoms with van der Waals surface area (Å²) in [6.07, 6.45) is 1.61. The molecule has 29 heavy (non-hydrogen) atoms. The van der Waals surface area contributed by atoms with Crippen molar-refractivity contribution in [3.05, 3.63) is 69.7 Å². The molecule has 0 aliphatic heterocycles. The van der Waals surface area contributed by atoms with E-state index in [2.05, 4.69) is 34.3 Å². The minimum absolute atomic E-state index is 0.0871. The van der Waals surface area contributed by atoms with Gasteiger partial charge in [0.2, 0.25) is 0 Å². The molecule has 3 rings (SSSR count). The number of hydrogen-bond acceptors (Lipinski definition) is 2. The van der Waals surface area contributed by atoms with Crippen LogP contribution >= 0.6 is 23.2 Å². The monoisotopic (exact) mass is 424 g/mol. The molecule has 2 aromatic carbocycles. The van der Waals surface area contributed by atoms with E-state index in [9.17, 15) is 9.59 Å². The molecule has 1 aliphatic rings. The van der Waals surface area contributed by atoms with Crippen molar-refractivity contribution >= 4 is 35.0 Å². The van der Waals surface area contributed by atoms with Crippen LogP contribution < -0.4 is 10.6 Å². The van der Waals surface area contributed by atoms with E-state index in [0.717, 1.165) is 24.0 Å². The van der Waals surface area contributed by atoms with Gasteiger partial charge in [0.15, 0.2) is 0 Å². The van der Waals surface area contributed by atoms with Crippen LogP contribution in [0, 0.1) is 29.6 Å². The van der Waals surface area contributed by atoms with E-state index in [0.29, 0.717) is 22.5 Å². The number of hydrogen-bond donors (Lipinski definition) is 2. The Bertz CT molecular complexity index is 1000. The van der Waals surface area contributed by atoms with E-state index in [1.807, 2.05) is 0 Å². The molecule has 0 spiro atoms. The highest BCUT2D eigenvalue weighted by Gasteiger charge is 2.29. The molecule has 0 bridgehead atoms. The minimum atomic E-state index is -0.318. The molecule has 2 N–H and O–H groups in total. The highest BCUT2D eigenvalue weighted by atomic mass is 35.5. The highest BCUT2D eigenvalue weighted by Crippen LogP contribution is 2.26. The lowest BCUT2D eigenvalue weighted by Crippen LogP contribution is -2.47. The predicted octanol–water partition coefficient (Wildman–Crippen LogP) is 3.41. The van der Waals surface area contributed by atoms with Crippen LogP contribution in [-0.2, 0) is 9.59 Å². The summed E-state index contributed by atoms with van der Waals surface area (Å²) in [4.78, 5) is 23.7. The Hall–Kier alpha value is -2.92.